The third kappa shape index (κ3) is 5.52. The van der Waals surface area contributed by atoms with Gasteiger partial charge in [0.2, 0.25) is 5.91 Å². The van der Waals surface area contributed by atoms with Gasteiger partial charge < -0.3 is 10.4 Å². The summed E-state index contributed by atoms with van der Waals surface area (Å²) >= 11 is 5.65. The number of amides is 1. The van der Waals surface area contributed by atoms with E-state index < -0.39 is 40.1 Å². The molecule has 0 bridgehead atoms. The van der Waals surface area contributed by atoms with E-state index in [0.717, 1.165) is 12.3 Å². The molecule has 140 valence electrons. The van der Waals surface area contributed by atoms with Crippen molar-refractivity contribution in [2.45, 2.75) is 12.0 Å². The molecule has 0 aliphatic heterocycles. The molecule has 0 saturated heterocycles. The SMILES string of the molecule is CS(=O)(=O)CC(C(=O)NC(CO)c1ccc(Cl)c(F)c1)c1ccccc1. The van der Waals surface area contributed by atoms with Crippen LogP contribution < -0.4 is 5.32 Å². The molecule has 2 aromatic rings. The second-order valence-electron chi connectivity index (χ2n) is 5.97. The van der Waals surface area contributed by atoms with Crippen molar-refractivity contribution in [1.82, 2.24) is 5.32 Å². The monoisotopic (exact) mass is 399 g/mol. The van der Waals surface area contributed by atoms with Gasteiger partial charge in [0, 0.05) is 6.26 Å². The van der Waals surface area contributed by atoms with E-state index in [1.165, 1.54) is 12.1 Å². The Hall–Kier alpha value is -1.96. The lowest BCUT2D eigenvalue weighted by molar-refractivity contribution is -0.123. The van der Waals surface area contributed by atoms with Crippen molar-refractivity contribution < 1.29 is 22.7 Å². The molecule has 1 amide bonds. The van der Waals surface area contributed by atoms with Gasteiger partial charge in [0.15, 0.2) is 0 Å². The number of hydrogen-bond acceptors (Lipinski definition) is 4. The molecule has 8 heteroatoms. The average molecular weight is 400 g/mol. The Morgan fingerprint density at radius 3 is 2.38 bits per heavy atom. The first-order chi connectivity index (χ1) is 12.2. The second kappa shape index (κ2) is 8.62. The molecular formula is C18H19ClFNO4S. The van der Waals surface area contributed by atoms with Crippen molar-refractivity contribution in [3.8, 4) is 0 Å². The van der Waals surface area contributed by atoms with Gasteiger partial charge in [-0.2, -0.15) is 0 Å². The van der Waals surface area contributed by atoms with Crippen molar-refractivity contribution in [3.63, 3.8) is 0 Å². The first-order valence-electron chi connectivity index (χ1n) is 7.80. The number of benzene rings is 2. The van der Waals surface area contributed by atoms with Crippen LogP contribution in [0.4, 0.5) is 4.39 Å². The van der Waals surface area contributed by atoms with E-state index in [-0.39, 0.29) is 10.8 Å². The van der Waals surface area contributed by atoms with Gasteiger partial charge >= 0.3 is 0 Å². The Bertz CT molecular complexity index is 874. The molecule has 0 heterocycles. The molecule has 2 atom stereocenters. The van der Waals surface area contributed by atoms with Crippen LogP contribution in [-0.4, -0.2) is 38.0 Å². The summed E-state index contributed by atoms with van der Waals surface area (Å²) < 4.78 is 37.1. The van der Waals surface area contributed by atoms with Gasteiger partial charge in [-0.15, -0.1) is 0 Å². The number of carbonyl (C=O) groups excluding carboxylic acids is 1. The molecule has 0 spiro atoms. The lowest BCUT2D eigenvalue weighted by Gasteiger charge is -2.22. The maximum absolute atomic E-state index is 13.7. The van der Waals surface area contributed by atoms with Crippen molar-refractivity contribution in [2.24, 2.45) is 0 Å². The fourth-order valence-corrected chi connectivity index (χ4v) is 3.61. The summed E-state index contributed by atoms with van der Waals surface area (Å²) in [4.78, 5) is 12.7. The van der Waals surface area contributed by atoms with Crippen molar-refractivity contribution in [1.29, 1.82) is 0 Å². The maximum Gasteiger partial charge on any atom is 0.229 e. The number of rotatable bonds is 7. The van der Waals surface area contributed by atoms with E-state index in [2.05, 4.69) is 5.32 Å². The lowest BCUT2D eigenvalue weighted by Crippen LogP contribution is -2.37. The first-order valence-corrected chi connectivity index (χ1v) is 10.2. The number of aliphatic hydroxyl groups excluding tert-OH is 1. The van der Waals surface area contributed by atoms with Gasteiger partial charge in [-0.05, 0) is 23.3 Å². The normalized spacial score (nSPS) is 13.8. The Morgan fingerprint density at radius 1 is 1.19 bits per heavy atom. The van der Waals surface area contributed by atoms with Crippen LogP contribution in [0.1, 0.15) is 23.1 Å². The first kappa shape index (κ1) is 20.4. The highest BCUT2D eigenvalue weighted by molar-refractivity contribution is 7.90. The molecule has 0 radical (unpaired) electrons. The lowest BCUT2D eigenvalue weighted by atomic mass is 9.99. The summed E-state index contributed by atoms with van der Waals surface area (Å²) in [5.74, 6) is -2.57. The van der Waals surface area contributed by atoms with Crippen LogP contribution in [0.5, 0.6) is 0 Å². The molecule has 5 nitrogen and oxygen atoms in total. The Balaban J connectivity index is 2.28. The summed E-state index contributed by atoms with van der Waals surface area (Å²) in [5.41, 5.74) is 0.864. The average Bonchev–Trinajstić information content (AvgIpc) is 2.60. The Kier molecular flexibility index (Phi) is 6.75. The molecule has 26 heavy (non-hydrogen) atoms. The minimum Gasteiger partial charge on any atom is -0.394 e. The molecule has 2 aromatic carbocycles. The minimum atomic E-state index is -3.44. The fourth-order valence-electron chi connectivity index (χ4n) is 2.55. The van der Waals surface area contributed by atoms with Crippen LogP contribution in [0.15, 0.2) is 48.5 Å². The molecule has 0 aromatic heterocycles. The van der Waals surface area contributed by atoms with Crippen LogP contribution in [0.25, 0.3) is 0 Å². The Labute approximate surface area is 156 Å². The molecule has 0 fully saturated rings. The topological polar surface area (TPSA) is 83.5 Å². The molecule has 0 saturated carbocycles. The molecule has 2 N–H and O–H groups in total. The highest BCUT2D eigenvalue weighted by Gasteiger charge is 2.27. The van der Waals surface area contributed by atoms with Gasteiger partial charge in [-0.25, -0.2) is 12.8 Å². The van der Waals surface area contributed by atoms with E-state index in [1.807, 2.05) is 0 Å². The summed E-state index contributed by atoms with van der Waals surface area (Å²) in [6.07, 6.45) is 1.05. The van der Waals surface area contributed by atoms with Crippen LogP contribution in [-0.2, 0) is 14.6 Å². The number of sulfone groups is 1. The largest absolute Gasteiger partial charge is 0.394 e. The van der Waals surface area contributed by atoms with E-state index in [1.54, 1.807) is 30.3 Å². The van der Waals surface area contributed by atoms with Gasteiger partial charge in [-0.3, -0.25) is 4.79 Å². The molecule has 0 aliphatic rings. The van der Waals surface area contributed by atoms with Crippen molar-refractivity contribution in [2.75, 3.05) is 18.6 Å². The highest BCUT2D eigenvalue weighted by atomic mass is 35.5. The molecule has 0 aliphatic carbocycles. The zero-order valence-corrected chi connectivity index (χ0v) is 15.6. The van der Waals surface area contributed by atoms with E-state index in [4.69, 9.17) is 11.6 Å². The van der Waals surface area contributed by atoms with Gasteiger partial charge in [0.1, 0.15) is 15.7 Å². The third-order valence-corrected chi connectivity index (χ3v) is 5.08. The molecular weight excluding hydrogens is 381 g/mol. The van der Waals surface area contributed by atoms with E-state index in [0.29, 0.717) is 11.1 Å². The Morgan fingerprint density at radius 2 is 1.85 bits per heavy atom. The predicted molar refractivity (Wildman–Crippen MR) is 98.3 cm³/mol. The standard InChI is InChI=1S/C18H19ClFNO4S/c1-26(24,25)11-14(12-5-3-2-4-6-12)18(23)21-17(10-22)13-7-8-15(19)16(20)9-13/h2-9,14,17,22H,10-11H2,1H3,(H,21,23). The number of hydrogen-bond donors (Lipinski definition) is 2. The van der Waals surface area contributed by atoms with E-state index >= 15 is 0 Å². The van der Waals surface area contributed by atoms with Crippen LogP contribution in [0.2, 0.25) is 5.02 Å². The van der Waals surface area contributed by atoms with Crippen molar-refractivity contribution >= 4 is 27.3 Å². The van der Waals surface area contributed by atoms with Gasteiger partial charge in [0.25, 0.3) is 0 Å². The zero-order chi connectivity index (χ0) is 19.3. The highest BCUT2D eigenvalue weighted by Crippen LogP contribution is 2.23. The zero-order valence-electron chi connectivity index (χ0n) is 14.0. The van der Waals surface area contributed by atoms with Crippen LogP contribution >= 0.6 is 11.6 Å². The summed E-state index contributed by atoms with van der Waals surface area (Å²) in [5, 5.41) is 12.1. The summed E-state index contributed by atoms with van der Waals surface area (Å²) in [7, 11) is -3.44. The van der Waals surface area contributed by atoms with Crippen molar-refractivity contribution in [3.05, 3.63) is 70.5 Å². The van der Waals surface area contributed by atoms with Crippen LogP contribution in [0, 0.1) is 5.82 Å². The maximum atomic E-state index is 13.7. The molecule has 2 unspecified atom stereocenters. The van der Waals surface area contributed by atoms with Crippen LogP contribution in [0.3, 0.4) is 0 Å². The fraction of sp³-hybridized carbons (Fsp3) is 0.278. The number of nitrogens with one attached hydrogen (secondary N) is 1. The quantitative estimate of drug-likeness (QED) is 0.749. The number of aliphatic hydroxyl groups is 1. The van der Waals surface area contributed by atoms with E-state index in [9.17, 15) is 22.7 Å². The summed E-state index contributed by atoms with van der Waals surface area (Å²) in [6.45, 7) is -0.479. The van der Waals surface area contributed by atoms with Gasteiger partial charge in [0.05, 0.1) is 29.3 Å². The third-order valence-electron chi connectivity index (χ3n) is 3.83. The van der Waals surface area contributed by atoms with Gasteiger partial charge in [-0.1, -0.05) is 48.0 Å². The number of carbonyl (C=O) groups is 1. The predicted octanol–water partition coefficient (Wildman–Crippen LogP) is 2.46. The second-order valence-corrected chi connectivity index (χ2v) is 8.57. The minimum absolute atomic E-state index is 0.0731. The smallest absolute Gasteiger partial charge is 0.229 e. The molecule has 2 rings (SSSR count). The number of halogens is 2. The summed E-state index contributed by atoms with van der Waals surface area (Å²) in [6, 6.07) is 11.5.